The molecule has 1 saturated carbocycles. The SMILES string of the molecule is O=C1c2ccccc2C(NC2CCCCC2)C1Cc1ccccc1. The zero-order valence-electron chi connectivity index (χ0n) is 14.1. The van der Waals surface area contributed by atoms with Gasteiger partial charge in [0.25, 0.3) is 0 Å². The van der Waals surface area contributed by atoms with Gasteiger partial charge >= 0.3 is 0 Å². The van der Waals surface area contributed by atoms with E-state index in [1.165, 1.54) is 43.2 Å². The number of hydrogen-bond donors (Lipinski definition) is 1. The summed E-state index contributed by atoms with van der Waals surface area (Å²) in [5, 5.41) is 3.85. The van der Waals surface area contributed by atoms with E-state index in [4.69, 9.17) is 0 Å². The smallest absolute Gasteiger partial charge is 0.168 e. The minimum atomic E-state index is 0.0201. The second kappa shape index (κ2) is 6.90. The van der Waals surface area contributed by atoms with Crippen molar-refractivity contribution in [2.75, 3.05) is 0 Å². The molecule has 0 spiro atoms. The average Bonchev–Trinajstić information content (AvgIpc) is 2.90. The highest BCUT2D eigenvalue weighted by atomic mass is 16.1. The Hall–Kier alpha value is -1.93. The van der Waals surface area contributed by atoms with E-state index in [2.05, 4.69) is 41.7 Å². The van der Waals surface area contributed by atoms with Crippen molar-refractivity contribution in [2.45, 2.75) is 50.6 Å². The van der Waals surface area contributed by atoms with Crippen LogP contribution in [0.1, 0.15) is 59.6 Å². The number of fused-ring (bicyclic) bond motifs is 1. The first kappa shape index (κ1) is 15.6. The van der Waals surface area contributed by atoms with Crippen molar-refractivity contribution in [1.29, 1.82) is 0 Å². The molecule has 0 amide bonds. The van der Waals surface area contributed by atoms with Gasteiger partial charge in [0.05, 0.1) is 0 Å². The van der Waals surface area contributed by atoms with Crippen molar-refractivity contribution in [1.82, 2.24) is 5.32 Å². The summed E-state index contributed by atoms with van der Waals surface area (Å²) >= 11 is 0. The first-order valence-electron chi connectivity index (χ1n) is 9.26. The monoisotopic (exact) mass is 319 g/mol. The van der Waals surface area contributed by atoms with Crippen molar-refractivity contribution >= 4 is 5.78 Å². The van der Waals surface area contributed by atoms with E-state index >= 15 is 0 Å². The first-order valence-corrected chi connectivity index (χ1v) is 9.26. The Morgan fingerprint density at radius 3 is 2.38 bits per heavy atom. The number of carbonyl (C=O) groups is 1. The Labute approximate surface area is 144 Å². The van der Waals surface area contributed by atoms with Crippen LogP contribution >= 0.6 is 0 Å². The molecule has 2 aliphatic carbocycles. The third-order valence-electron chi connectivity index (χ3n) is 5.62. The summed E-state index contributed by atoms with van der Waals surface area (Å²) in [6.07, 6.45) is 7.27. The molecule has 0 aromatic heterocycles. The molecule has 0 bridgehead atoms. The molecule has 124 valence electrons. The van der Waals surface area contributed by atoms with Gasteiger partial charge in [0, 0.05) is 23.6 Å². The summed E-state index contributed by atoms with van der Waals surface area (Å²) in [5.41, 5.74) is 3.37. The highest BCUT2D eigenvalue weighted by Gasteiger charge is 2.40. The third kappa shape index (κ3) is 3.03. The molecule has 2 aliphatic rings. The van der Waals surface area contributed by atoms with Crippen LogP contribution < -0.4 is 5.32 Å². The largest absolute Gasteiger partial charge is 0.306 e. The number of rotatable bonds is 4. The molecular weight excluding hydrogens is 294 g/mol. The van der Waals surface area contributed by atoms with Crippen molar-refractivity contribution in [2.24, 2.45) is 5.92 Å². The fourth-order valence-corrected chi connectivity index (χ4v) is 4.37. The second-order valence-corrected chi connectivity index (χ2v) is 7.23. The third-order valence-corrected chi connectivity index (χ3v) is 5.62. The van der Waals surface area contributed by atoms with Crippen LogP contribution in [0, 0.1) is 5.92 Å². The predicted octanol–water partition coefficient (Wildman–Crippen LogP) is 4.71. The molecule has 4 rings (SSSR count). The summed E-state index contributed by atoms with van der Waals surface area (Å²) < 4.78 is 0. The number of carbonyl (C=O) groups excluding carboxylic acids is 1. The summed E-state index contributed by atoms with van der Waals surface area (Å²) in [7, 11) is 0. The Morgan fingerprint density at radius 1 is 0.875 bits per heavy atom. The van der Waals surface area contributed by atoms with Gasteiger partial charge in [-0.1, -0.05) is 73.9 Å². The lowest BCUT2D eigenvalue weighted by Crippen LogP contribution is -2.37. The van der Waals surface area contributed by atoms with Gasteiger partial charge in [-0.2, -0.15) is 0 Å². The highest BCUT2D eigenvalue weighted by molar-refractivity contribution is 6.03. The van der Waals surface area contributed by atoms with Gasteiger partial charge in [-0.3, -0.25) is 4.79 Å². The second-order valence-electron chi connectivity index (χ2n) is 7.23. The minimum absolute atomic E-state index is 0.0201. The van der Waals surface area contributed by atoms with E-state index < -0.39 is 0 Å². The van der Waals surface area contributed by atoms with E-state index in [1.807, 2.05) is 18.2 Å². The number of nitrogens with one attached hydrogen (secondary N) is 1. The molecule has 0 heterocycles. The van der Waals surface area contributed by atoms with Gasteiger partial charge in [-0.05, 0) is 30.4 Å². The van der Waals surface area contributed by atoms with E-state index in [-0.39, 0.29) is 12.0 Å². The van der Waals surface area contributed by atoms with Crippen LogP contribution in [0.5, 0.6) is 0 Å². The lowest BCUT2D eigenvalue weighted by molar-refractivity contribution is 0.0909. The summed E-state index contributed by atoms with van der Waals surface area (Å²) in [6.45, 7) is 0. The normalized spacial score (nSPS) is 24.1. The van der Waals surface area contributed by atoms with E-state index in [1.54, 1.807) is 0 Å². The molecule has 2 unspecified atom stereocenters. The maximum atomic E-state index is 13.0. The van der Waals surface area contributed by atoms with Gasteiger partial charge in [-0.25, -0.2) is 0 Å². The summed E-state index contributed by atoms with van der Waals surface area (Å²) in [6, 6.07) is 19.3. The average molecular weight is 319 g/mol. The number of benzene rings is 2. The highest BCUT2D eigenvalue weighted by Crippen LogP contribution is 2.39. The number of ketones is 1. The topological polar surface area (TPSA) is 29.1 Å². The Kier molecular flexibility index (Phi) is 4.48. The van der Waals surface area contributed by atoms with Crippen molar-refractivity contribution in [3.05, 3.63) is 71.3 Å². The van der Waals surface area contributed by atoms with Gasteiger partial charge in [0.1, 0.15) is 0 Å². The maximum Gasteiger partial charge on any atom is 0.168 e. The summed E-state index contributed by atoms with van der Waals surface area (Å²) in [4.78, 5) is 13.0. The molecule has 24 heavy (non-hydrogen) atoms. The molecule has 0 aliphatic heterocycles. The van der Waals surface area contributed by atoms with Crippen LogP contribution in [-0.4, -0.2) is 11.8 Å². The molecule has 0 radical (unpaired) electrons. The van der Waals surface area contributed by atoms with E-state index in [0.717, 1.165) is 12.0 Å². The molecule has 1 N–H and O–H groups in total. The number of Topliss-reactive ketones (excluding diaryl/α,β-unsaturated/α-hetero) is 1. The van der Waals surface area contributed by atoms with Gasteiger partial charge < -0.3 is 5.32 Å². The summed E-state index contributed by atoms with van der Waals surface area (Å²) in [5.74, 6) is 0.328. The first-order chi connectivity index (χ1) is 11.8. The van der Waals surface area contributed by atoms with Crippen LogP contribution in [0.15, 0.2) is 54.6 Å². The zero-order valence-corrected chi connectivity index (χ0v) is 14.1. The Balaban J connectivity index is 1.61. The quantitative estimate of drug-likeness (QED) is 0.884. The fraction of sp³-hybridized carbons (Fsp3) is 0.409. The zero-order chi connectivity index (χ0) is 16.4. The van der Waals surface area contributed by atoms with Crippen molar-refractivity contribution in [3.8, 4) is 0 Å². The molecule has 2 nitrogen and oxygen atoms in total. The van der Waals surface area contributed by atoms with Gasteiger partial charge in [0.2, 0.25) is 0 Å². The fourth-order valence-electron chi connectivity index (χ4n) is 4.37. The Bertz CT molecular complexity index is 703. The Morgan fingerprint density at radius 2 is 1.58 bits per heavy atom. The van der Waals surface area contributed by atoms with Crippen LogP contribution in [0.4, 0.5) is 0 Å². The van der Waals surface area contributed by atoms with Crippen molar-refractivity contribution < 1.29 is 4.79 Å². The van der Waals surface area contributed by atoms with Crippen LogP contribution in [0.3, 0.4) is 0 Å². The van der Waals surface area contributed by atoms with Gasteiger partial charge in [-0.15, -0.1) is 0 Å². The lowest BCUT2D eigenvalue weighted by atomic mass is 9.89. The minimum Gasteiger partial charge on any atom is -0.306 e. The van der Waals surface area contributed by atoms with Crippen LogP contribution in [0.2, 0.25) is 0 Å². The molecule has 2 atom stereocenters. The number of hydrogen-bond acceptors (Lipinski definition) is 2. The molecule has 1 fully saturated rings. The predicted molar refractivity (Wildman–Crippen MR) is 97.2 cm³/mol. The van der Waals surface area contributed by atoms with Crippen LogP contribution in [0.25, 0.3) is 0 Å². The molecular formula is C22H25NO. The van der Waals surface area contributed by atoms with Gasteiger partial charge in [0.15, 0.2) is 5.78 Å². The van der Waals surface area contributed by atoms with Crippen LogP contribution in [-0.2, 0) is 6.42 Å². The lowest BCUT2D eigenvalue weighted by Gasteiger charge is -2.29. The standard InChI is InChI=1S/C22H25NO/c24-22-19-14-8-7-13-18(19)21(23-17-11-5-2-6-12-17)20(22)15-16-9-3-1-4-10-16/h1,3-4,7-10,13-14,17,20-21,23H,2,5-6,11-12,15H2. The molecule has 2 aromatic rings. The molecule has 2 aromatic carbocycles. The molecule has 0 saturated heterocycles. The van der Waals surface area contributed by atoms with E-state index in [9.17, 15) is 4.79 Å². The van der Waals surface area contributed by atoms with Crippen molar-refractivity contribution in [3.63, 3.8) is 0 Å². The van der Waals surface area contributed by atoms with E-state index in [0.29, 0.717) is 11.8 Å². The maximum absolute atomic E-state index is 13.0. The molecule has 2 heteroatoms.